The SMILES string of the molecule is [C-]#[N+]c1cnc2ccc(-c3cn(COCC[Si](C)(C)C)nc3-c3ccc(F)cc3)nn12. The predicted octanol–water partition coefficient (Wildman–Crippen LogP) is 5.26. The molecule has 31 heavy (non-hydrogen) atoms. The van der Waals surface area contributed by atoms with Crippen LogP contribution < -0.4 is 0 Å². The van der Waals surface area contributed by atoms with Gasteiger partial charge in [0.25, 0.3) is 5.82 Å². The molecule has 0 spiro atoms. The van der Waals surface area contributed by atoms with Crippen LogP contribution in [0.3, 0.4) is 0 Å². The summed E-state index contributed by atoms with van der Waals surface area (Å²) < 4.78 is 22.6. The normalized spacial score (nSPS) is 11.7. The number of imidazole rings is 1. The van der Waals surface area contributed by atoms with Gasteiger partial charge in [0.15, 0.2) is 0 Å². The van der Waals surface area contributed by atoms with Crippen LogP contribution in [0.2, 0.25) is 25.7 Å². The number of halogens is 1. The second-order valence-electron chi connectivity index (χ2n) is 8.50. The highest BCUT2D eigenvalue weighted by Crippen LogP contribution is 2.31. The van der Waals surface area contributed by atoms with E-state index >= 15 is 0 Å². The molecule has 0 fully saturated rings. The highest BCUT2D eigenvalue weighted by atomic mass is 28.3. The zero-order chi connectivity index (χ0) is 22.0. The largest absolute Gasteiger partial charge is 0.360 e. The third-order valence-corrected chi connectivity index (χ3v) is 6.54. The number of fused-ring (bicyclic) bond motifs is 1. The van der Waals surface area contributed by atoms with Gasteiger partial charge in [-0.1, -0.05) is 31.3 Å². The molecule has 3 aromatic heterocycles. The molecule has 0 aliphatic carbocycles. The van der Waals surface area contributed by atoms with Gasteiger partial charge in [0.05, 0.1) is 11.8 Å². The van der Waals surface area contributed by atoms with E-state index in [0.29, 0.717) is 36.2 Å². The van der Waals surface area contributed by atoms with Gasteiger partial charge in [0.1, 0.15) is 23.9 Å². The zero-order valence-electron chi connectivity index (χ0n) is 17.7. The third-order valence-electron chi connectivity index (χ3n) is 4.83. The minimum Gasteiger partial charge on any atom is -0.360 e. The summed E-state index contributed by atoms with van der Waals surface area (Å²) in [5.41, 5.74) is 3.45. The summed E-state index contributed by atoms with van der Waals surface area (Å²) >= 11 is 0. The summed E-state index contributed by atoms with van der Waals surface area (Å²) in [5, 5.41) is 9.29. The van der Waals surface area contributed by atoms with Crippen LogP contribution in [0.1, 0.15) is 0 Å². The van der Waals surface area contributed by atoms with Crippen molar-refractivity contribution in [2.45, 2.75) is 32.4 Å². The molecule has 0 aliphatic rings. The van der Waals surface area contributed by atoms with Crippen LogP contribution in [-0.4, -0.2) is 39.1 Å². The standard InChI is InChI=1S/C22H23FN6OSi/c1-24-21-13-25-20-10-9-19(26-29(20)21)18-14-28(15-30-11-12-31(2,3)4)27-22(18)16-5-7-17(23)8-6-16/h5-10,13-14H,11-12,15H2,2-4H3. The fraction of sp³-hybridized carbons (Fsp3) is 0.273. The van der Waals surface area contributed by atoms with E-state index < -0.39 is 8.07 Å². The van der Waals surface area contributed by atoms with Crippen LogP contribution in [0.4, 0.5) is 10.2 Å². The van der Waals surface area contributed by atoms with Crippen LogP contribution in [0.5, 0.6) is 0 Å². The van der Waals surface area contributed by atoms with Gasteiger partial charge in [0.2, 0.25) is 5.65 Å². The molecule has 0 saturated carbocycles. The van der Waals surface area contributed by atoms with Crippen LogP contribution >= 0.6 is 0 Å². The molecule has 0 bridgehead atoms. The maximum atomic E-state index is 13.5. The Labute approximate surface area is 180 Å². The number of benzene rings is 1. The lowest BCUT2D eigenvalue weighted by Gasteiger charge is -2.15. The molecule has 7 nitrogen and oxygen atoms in total. The summed E-state index contributed by atoms with van der Waals surface area (Å²) in [4.78, 5) is 7.66. The van der Waals surface area contributed by atoms with Gasteiger partial charge in [0, 0.05) is 32.5 Å². The van der Waals surface area contributed by atoms with Crippen molar-refractivity contribution < 1.29 is 9.13 Å². The number of ether oxygens (including phenoxy) is 1. The van der Waals surface area contributed by atoms with E-state index in [1.165, 1.54) is 22.8 Å². The minimum absolute atomic E-state index is 0.306. The van der Waals surface area contributed by atoms with Crippen LogP contribution in [0, 0.1) is 12.4 Å². The molecule has 0 unspecified atom stereocenters. The second kappa shape index (κ2) is 8.41. The lowest BCUT2D eigenvalue weighted by molar-refractivity contribution is 0.0788. The first-order valence-corrected chi connectivity index (χ1v) is 13.7. The van der Waals surface area contributed by atoms with E-state index in [1.807, 2.05) is 18.3 Å². The van der Waals surface area contributed by atoms with Gasteiger partial charge in [-0.2, -0.15) is 5.10 Å². The van der Waals surface area contributed by atoms with Crippen molar-refractivity contribution in [3.8, 4) is 22.5 Å². The first kappa shape index (κ1) is 20.9. The maximum absolute atomic E-state index is 13.5. The quantitative estimate of drug-likeness (QED) is 0.226. The van der Waals surface area contributed by atoms with Crippen molar-refractivity contribution >= 4 is 19.5 Å². The summed E-state index contributed by atoms with van der Waals surface area (Å²) in [6.45, 7) is 15.2. The monoisotopic (exact) mass is 434 g/mol. The van der Waals surface area contributed by atoms with Gasteiger partial charge < -0.3 is 9.58 Å². The Morgan fingerprint density at radius 1 is 1.10 bits per heavy atom. The van der Waals surface area contributed by atoms with Gasteiger partial charge in [-0.25, -0.2) is 14.1 Å². The van der Waals surface area contributed by atoms with E-state index in [4.69, 9.17) is 11.3 Å². The molecule has 0 atom stereocenters. The smallest absolute Gasteiger partial charge is 0.275 e. The van der Waals surface area contributed by atoms with E-state index in [-0.39, 0.29) is 5.82 Å². The fourth-order valence-corrected chi connectivity index (χ4v) is 3.87. The molecule has 158 valence electrons. The molecule has 4 rings (SSSR count). The molecule has 0 aliphatic heterocycles. The molecular weight excluding hydrogens is 411 g/mol. The topological polar surface area (TPSA) is 61.6 Å². The fourth-order valence-electron chi connectivity index (χ4n) is 3.11. The Hall–Kier alpha value is -3.35. The maximum Gasteiger partial charge on any atom is 0.275 e. The lowest BCUT2D eigenvalue weighted by atomic mass is 10.1. The highest BCUT2D eigenvalue weighted by molar-refractivity contribution is 6.76. The van der Waals surface area contributed by atoms with Crippen molar-refractivity contribution in [1.29, 1.82) is 0 Å². The third kappa shape index (κ3) is 4.71. The number of aromatic nitrogens is 5. The average Bonchev–Trinajstić information content (AvgIpc) is 3.34. The van der Waals surface area contributed by atoms with E-state index in [9.17, 15) is 4.39 Å². The van der Waals surface area contributed by atoms with Gasteiger partial charge >= 0.3 is 0 Å². The van der Waals surface area contributed by atoms with Crippen molar-refractivity contribution in [2.75, 3.05) is 6.61 Å². The number of nitrogens with zero attached hydrogens (tertiary/aromatic N) is 6. The van der Waals surface area contributed by atoms with Gasteiger partial charge in [-0.3, -0.25) is 0 Å². The van der Waals surface area contributed by atoms with E-state index in [0.717, 1.165) is 17.2 Å². The molecule has 0 N–H and O–H groups in total. The molecule has 0 amide bonds. The first-order valence-electron chi connectivity index (χ1n) is 9.98. The van der Waals surface area contributed by atoms with Crippen molar-refractivity contribution in [1.82, 2.24) is 24.4 Å². The van der Waals surface area contributed by atoms with Gasteiger partial charge in [-0.05, 0) is 36.4 Å². The van der Waals surface area contributed by atoms with Crippen molar-refractivity contribution in [3.05, 3.63) is 66.0 Å². The molecular formula is C22H23FN6OSi. The second-order valence-corrected chi connectivity index (χ2v) is 14.1. The van der Waals surface area contributed by atoms with E-state index in [2.05, 4.69) is 39.7 Å². The van der Waals surface area contributed by atoms with Crippen LogP contribution in [0.15, 0.2) is 48.8 Å². The van der Waals surface area contributed by atoms with Crippen molar-refractivity contribution in [2.24, 2.45) is 0 Å². The zero-order valence-corrected chi connectivity index (χ0v) is 18.7. The minimum atomic E-state index is -1.17. The predicted molar refractivity (Wildman–Crippen MR) is 120 cm³/mol. The lowest BCUT2D eigenvalue weighted by Crippen LogP contribution is -2.22. The Kier molecular flexibility index (Phi) is 5.67. The number of hydrogen-bond acceptors (Lipinski definition) is 4. The van der Waals surface area contributed by atoms with Crippen LogP contribution in [0.25, 0.3) is 33.0 Å². The molecule has 9 heteroatoms. The highest BCUT2D eigenvalue weighted by Gasteiger charge is 2.18. The summed E-state index contributed by atoms with van der Waals surface area (Å²) in [7, 11) is -1.17. The number of rotatable bonds is 7. The molecule has 0 saturated heterocycles. The summed E-state index contributed by atoms with van der Waals surface area (Å²) in [6, 6.07) is 10.9. The Balaban J connectivity index is 1.70. The number of hydrogen-bond donors (Lipinski definition) is 0. The Morgan fingerprint density at radius 3 is 2.58 bits per heavy atom. The summed E-state index contributed by atoms with van der Waals surface area (Å²) in [5.74, 6) is 0.0290. The van der Waals surface area contributed by atoms with E-state index in [1.54, 1.807) is 16.8 Å². The van der Waals surface area contributed by atoms with Crippen LogP contribution in [-0.2, 0) is 11.5 Å². The van der Waals surface area contributed by atoms with Gasteiger partial charge in [-0.15, -0.1) is 4.52 Å². The summed E-state index contributed by atoms with van der Waals surface area (Å²) in [6.07, 6.45) is 3.37. The molecule has 1 aromatic carbocycles. The molecule has 3 heterocycles. The first-order chi connectivity index (χ1) is 14.8. The Morgan fingerprint density at radius 2 is 1.87 bits per heavy atom. The molecule has 0 radical (unpaired) electrons. The van der Waals surface area contributed by atoms with Crippen molar-refractivity contribution in [3.63, 3.8) is 0 Å². The Bertz CT molecular complexity index is 1250. The average molecular weight is 435 g/mol. The molecule has 4 aromatic rings.